The third-order valence-corrected chi connectivity index (χ3v) is 3.25. The first-order valence-electron chi connectivity index (χ1n) is 7.37. The van der Waals surface area contributed by atoms with Crippen molar-refractivity contribution in [1.29, 1.82) is 0 Å². The monoisotopic (exact) mass is 286 g/mol. The van der Waals surface area contributed by atoms with Gasteiger partial charge in [-0.05, 0) is 41.5 Å². The molecule has 118 valence electrons. The maximum absolute atomic E-state index is 12.5. The molecule has 1 heterocycles. The van der Waals surface area contributed by atoms with Crippen LogP contribution in [0.5, 0.6) is 0 Å². The molecule has 0 saturated carbocycles. The largest absolute Gasteiger partial charge is 0.444 e. The van der Waals surface area contributed by atoms with E-state index in [0.717, 1.165) is 0 Å². The van der Waals surface area contributed by atoms with Gasteiger partial charge in [0, 0.05) is 12.6 Å². The molecule has 0 aromatic carbocycles. The summed E-state index contributed by atoms with van der Waals surface area (Å²) in [7, 11) is 0. The number of hydrogen-bond donors (Lipinski definition) is 1. The van der Waals surface area contributed by atoms with Gasteiger partial charge >= 0.3 is 6.09 Å². The van der Waals surface area contributed by atoms with Gasteiger partial charge in [0.1, 0.15) is 11.3 Å². The summed E-state index contributed by atoms with van der Waals surface area (Å²) < 4.78 is 11.4. The summed E-state index contributed by atoms with van der Waals surface area (Å²) in [6, 6.07) is 0.341. The van der Waals surface area contributed by atoms with Crippen molar-refractivity contribution in [2.45, 2.75) is 84.9 Å². The van der Waals surface area contributed by atoms with Crippen molar-refractivity contribution in [1.82, 2.24) is 10.2 Å². The molecule has 2 atom stereocenters. The fourth-order valence-electron chi connectivity index (χ4n) is 2.48. The lowest BCUT2D eigenvalue weighted by atomic mass is 10.1. The standard InChI is InChI=1S/C15H30N2O3/c1-10(2)16-9-12-11(3)19-15(7,8)17(12)13(18)20-14(4,5)6/h10-12,16H,9H2,1-8H3. The van der Waals surface area contributed by atoms with E-state index < -0.39 is 11.3 Å². The number of nitrogens with zero attached hydrogens (tertiary/aromatic N) is 1. The van der Waals surface area contributed by atoms with Gasteiger partial charge in [0.05, 0.1) is 12.1 Å². The Hall–Kier alpha value is -0.810. The molecule has 1 N–H and O–H groups in total. The van der Waals surface area contributed by atoms with Crippen molar-refractivity contribution in [2.75, 3.05) is 6.54 Å². The zero-order chi connectivity index (χ0) is 15.7. The molecule has 1 fully saturated rings. The second kappa shape index (κ2) is 5.90. The van der Waals surface area contributed by atoms with Gasteiger partial charge < -0.3 is 14.8 Å². The average molecular weight is 286 g/mol. The number of carbonyl (C=O) groups is 1. The van der Waals surface area contributed by atoms with Gasteiger partial charge in [-0.15, -0.1) is 0 Å². The van der Waals surface area contributed by atoms with Crippen molar-refractivity contribution < 1.29 is 14.3 Å². The Kier molecular flexibility index (Phi) is 5.08. The smallest absolute Gasteiger partial charge is 0.412 e. The molecule has 1 rings (SSSR count). The molecule has 0 aromatic rings. The summed E-state index contributed by atoms with van der Waals surface area (Å²) in [6.07, 6.45) is -0.342. The minimum absolute atomic E-state index is 0.0243. The second-order valence-electron chi connectivity index (χ2n) is 7.25. The molecule has 2 unspecified atom stereocenters. The van der Waals surface area contributed by atoms with E-state index >= 15 is 0 Å². The van der Waals surface area contributed by atoms with Crippen LogP contribution in [0.3, 0.4) is 0 Å². The van der Waals surface area contributed by atoms with Crippen molar-refractivity contribution in [3.63, 3.8) is 0 Å². The maximum atomic E-state index is 12.5. The van der Waals surface area contributed by atoms with E-state index in [1.807, 2.05) is 41.5 Å². The van der Waals surface area contributed by atoms with E-state index in [1.165, 1.54) is 0 Å². The topological polar surface area (TPSA) is 50.8 Å². The first kappa shape index (κ1) is 17.2. The molecular formula is C15H30N2O3. The van der Waals surface area contributed by atoms with Crippen molar-refractivity contribution in [3.05, 3.63) is 0 Å². The quantitative estimate of drug-likeness (QED) is 0.866. The van der Waals surface area contributed by atoms with Crippen LogP contribution in [-0.2, 0) is 9.47 Å². The van der Waals surface area contributed by atoms with Crippen LogP contribution in [0.1, 0.15) is 55.4 Å². The van der Waals surface area contributed by atoms with E-state index in [2.05, 4.69) is 19.2 Å². The highest BCUT2D eigenvalue weighted by Crippen LogP contribution is 2.33. The fourth-order valence-corrected chi connectivity index (χ4v) is 2.48. The third kappa shape index (κ3) is 4.35. The third-order valence-electron chi connectivity index (χ3n) is 3.25. The Balaban J connectivity index is 2.87. The number of amides is 1. The van der Waals surface area contributed by atoms with Gasteiger partial charge in [0.2, 0.25) is 0 Å². The normalized spacial score (nSPS) is 26.1. The molecule has 5 heteroatoms. The Morgan fingerprint density at radius 3 is 2.40 bits per heavy atom. The number of ether oxygens (including phenoxy) is 2. The van der Waals surface area contributed by atoms with Crippen molar-refractivity contribution in [3.8, 4) is 0 Å². The molecule has 0 aromatic heterocycles. The first-order chi connectivity index (χ1) is 8.94. The summed E-state index contributed by atoms with van der Waals surface area (Å²) in [6.45, 7) is 16.3. The number of nitrogens with one attached hydrogen (secondary N) is 1. The highest BCUT2D eigenvalue weighted by molar-refractivity contribution is 5.70. The molecule has 1 aliphatic rings. The lowest BCUT2D eigenvalue weighted by molar-refractivity contribution is -0.0756. The van der Waals surface area contributed by atoms with Gasteiger partial charge in [-0.2, -0.15) is 0 Å². The summed E-state index contributed by atoms with van der Waals surface area (Å²) in [5, 5.41) is 3.37. The molecule has 0 bridgehead atoms. The van der Waals surface area contributed by atoms with Crippen LogP contribution < -0.4 is 5.32 Å². The van der Waals surface area contributed by atoms with Crippen LogP contribution in [0.4, 0.5) is 4.79 Å². The van der Waals surface area contributed by atoms with Gasteiger partial charge in [-0.1, -0.05) is 13.8 Å². The van der Waals surface area contributed by atoms with Gasteiger partial charge in [-0.3, -0.25) is 4.90 Å². The first-order valence-corrected chi connectivity index (χ1v) is 7.37. The van der Waals surface area contributed by atoms with Gasteiger partial charge in [0.25, 0.3) is 0 Å². The molecule has 1 amide bonds. The molecule has 0 spiro atoms. The summed E-state index contributed by atoms with van der Waals surface area (Å²) in [5.41, 5.74) is -1.15. The maximum Gasteiger partial charge on any atom is 0.412 e. The molecule has 0 radical (unpaired) electrons. The number of hydrogen-bond acceptors (Lipinski definition) is 4. The SMILES string of the molecule is CC(C)NCC1C(C)OC(C)(C)N1C(=O)OC(C)(C)C. The number of rotatable bonds is 3. The fraction of sp³-hybridized carbons (Fsp3) is 0.933. The van der Waals surface area contributed by atoms with Gasteiger partial charge in [0.15, 0.2) is 0 Å². The van der Waals surface area contributed by atoms with E-state index in [1.54, 1.807) is 4.90 Å². The van der Waals surface area contributed by atoms with E-state index in [4.69, 9.17) is 9.47 Å². The predicted molar refractivity (Wildman–Crippen MR) is 79.6 cm³/mol. The van der Waals surface area contributed by atoms with Crippen molar-refractivity contribution >= 4 is 6.09 Å². The molecule has 20 heavy (non-hydrogen) atoms. The van der Waals surface area contributed by atoms with Crippen LogP contribution in [0.25, 0.3) is 0 Å². The Morgan fingerprint density at radius 2 is 1.95 bits per heavy atom. The van der Waals surface area contributed by atoms with E-state index in [0.29, 0.717) is 12.6 Å². The summed E-state index contributed by atoms with van der Waals surface area (Å²) >= 11 is 0. The molecule has 0 aliphatic carbocycles. The number of carbonyl (C=O) groups excluding carboxylic acids is 1. The summed E-state index contributed by atoms with van der Waals surface area (Å²) in [5.74, 6) is 0. The minimum atomic E-state index is -0.648. The lowest BCUT2D eigenvalue weighted by Crippen LogP contribution is -2.53. The molecule has 1 saturated heterocycles. The average Bonchev–Trinajstić information content (AvgIpc) is 2.41. The van der Waals surface area contributed by atoms with Crippen LogP contribution in [0, 0.1) is 0 Å². The van der Waals surface area contributed by atoms with Gasteiger partial charge in [-0.25, -0.2) is 4.79 Å². The highest BCUT2D eigenvalue weighted by atomic mass is 16.6. The Bertz CT molecular complexity index is 348. The molecule has 5 nitrogen and oxygen atoms in total. The van der Waals surface area contributed by atoms with Crippen LogP contribution in [0.2, 0.25) is 0 Å². The van der Waals surface area contributed by atoms with Crippen LogP contribution in [0.15, 0.2) is 0 Å². The minimum Gasteiger partial charge on any atom is -0.444 e. The Labute approximate surface area is 123 Å². The molecular weight excluding hydrogens is 256 g/mol. The second-order valence-corrected chi connectivity index (χ2v) is 7.25. The van der Waals surface area contributed by atoms with Crippen LogP contribution >= 0.6 is 0 Å². The lowest BCUT2D eigenvalue weighted by Gasteiger charge is -2.35. The predicted octanol–water partition coefficient (Wildman–Crippen LogP) is 2.74. The highest BCUT2D eigenvalue weighted by Gasteiger charge is 2.49. The zero-order valence-corrected chi connectivity index (χ0v) is 14.1. The van der Waals surface area contributed by atoms with Crippen LogP contribution in [-0.4, -0.2) is 47.1 Å². The summed E-state index contributed by atoms with van der Waals surface area (Å²) in [4.78, 5) is 14.2. The van der Waals surface area contributed by atoms with E-state index in [9.17, 15) is 4.79 Å². The Morgan fingerprint density at radius 1 is 1.40 bits per heavy atom. The zero-order valence-electron chi connectivity index (χ0n) is 14.1. The van der Waals surface area contributed by atoms with Crippen molar-refractivity contribution in [2.24, 2.45) is 0 Å². The van der Waals surface area contributed by atoms with E-state index in [-0.39, 0.29) is 18.2 Å². The molecule has 1 aliphatic heterocycles.